The first-order valence-electron chi connectivity index (χ1n) is 13.6. The van der Waals surface area contributed by atoms with Gasteiger partial charge in [0.25, 0.3) is 5.56 Å². The summed E-state index contributed by atoms with van der Waals surface area (Å²) in [7, 11) is 0. The van der Waals surface area contributed by atoms with Crippen LogP contribution in [0.5, 0.6) is 0 Å². The molecule has 2 fully saturated rings. The highest BCUT2D eigenvalue weighted by Gasteiger charge is 2.22. The van der Waals surface area contributed by atoms with Gasteiger partial charge >= 0.3 is 0 Å². The highest BCUT2D eigenvalue weighted by molar-refractivity contribution is 5.95. The first-order valence-corrected chi connectivity index (χ1v) is 13.6. The van der Waals surface area contributed by atoms with Crippen LogP contribution in [0.4, 0.5) is 21.6 Å². The number of aromatic nitrogens is 3. The van der Waals surface area contributed by atoms with Gasteiger partial charge in [-0.15, -0.1) is 0 Å². The predicted molar refractivity (Wildman–Crippen MR) is 151 cm³/mol. The van der Waals surface area contributed by atoms with Crippen LogP contribution in [0.3, 0.4) is 0 Å². The van der Waals surface area contributed by atoms with Crippen molar-refractivity contribution in [2.45, 2.75) is 44.4 Å². The van der Waals surface area contributed by atoms with Gasteiger partial charge in [0.1, 0.15) is 11.6 Å². The predicted octanol–water partition coefficient (Wildman–Crippen LogP) is 5.46. The summed E-state index contributed by atoms with van der Waals surface area (Å²) in [6, 6.07) is 11.9. The van der Waals surface area contributed by atoms with Crippen molar-refractivity contribution in [1.82, 2.24) is 20.3 Å². The number of nitrogens with one attached hydrogen (secondary N) is 4. The number of fused-ring (bicyclic) bond motifs is 1. The highest BCUT2D eigenvalue weighted by atomic mass is 19.1. The molecule has 6 rings (SSSR count). The molecule has 1 unspecified atom stereocenters. The molecule has 1 amide bonds. The van der Waals surface area contributed by atoms with E-state index in [1.54, 1.807) is 24.3 Å². The Kier molecular flexibility index (Phi) is 7.06. The molecule has 1 atom stereocenters. The van der Waals surface area contributed by atoms with Gasteiger partial charge in [-0.05, 0) is 73.7 Å². The maximum Gasteiger partial charge on any atom is 0.259 e. The van der Waals surface area contributed by atoms with Crippen LogP contribution < -0.4 is 21.5 Å². The molecule has 0 spiro atoms. The number of hydrogen-bond donors (Lipinski definition) is 4. The summed E-state index contributed by atoms with van der Waals surface area (Å²) >= 11 is 0. The van der Waals surface area contributed by atoms with Gasteiger partial charge in [0.2, 0.25) is 5.91 Å². The average molecular weight is 527 g/mol. The topological polar surface area (TPSA) is 112 Å². The van der Waals surface area contributed by atoms with Crippen LogP contribution in [-0.2, 0) is 4.79 Å². The van der Waals surface area contributed by atoms with Gasteiger partial charge in [-0.25, -0.2) is 14.4 Å². The monoisotopic (exact) mass is 526 g/mol. The van der Waals surface area contributed by atoms with Gasteiger partial charge in [-0.3, -0.25) is 9.59 Å². The number of amides is 1. The lowest BCUT2D eigenvalue weighted by Crippen LogP contribution is -2.24. The molecule has 4 N–H and O–H groups in total. The van der Waals surface area contributed by atoms with Crippen LogP contribution >= 0.6 is 0 Å². The lowest BCUT2D eigenvalue weighted by Gasteiger charge is -2.20. The summed E-state index contributed by atoms with van der Waals surface area (Å²) in [5.41, 5.74) is 2.84. The maximum atomic E-state index is 15.4. The molecule has 4 aromatic rings. The van der Waals surface area contributed by atoms with E-state index in [1.165, 1.54) is 17.8 Å². The first-order chi connectivity index (χ1) is 19.0. The van der Waals surface area contributed by atoms with Gasteiger partial charge in [0.05, 0.1) is 22.3 Å². The second kappa shape index (κ2) is 10.9. The Hall–Kier alpha value is -4.11. The molecule has 0 bridgehead atoms. The molecule has 2 aliphatic rings. The Morgan fingerprint density at radius 1 is 1.03 bits per heavy atom. The van der Waals surface area contributed by atoms with Crippen molar-refractivity contribution < 1.29 is 9.18 Å². The number of carbonyl (C=O) groups excluding carboxylic acids is 1. The van der Waals surface area contributed by atoms with Gasteiger partial charge in [-0.2, -0.15) is 0 Å². The van der Waals surface area contributed by atoms with Crippen molar-refractivity contribution >= 4 is 34.0 Å². The summed E-state index contributed by atoms with van der Waals surface area (Å²) < 4.78 is 15.4. The number of halogens is 1. The molecule has 1 aliphatic heterocycles. The highest BCUT2D eigenvalue weighted by Crippen LogP contribution is 2.32. The summed E-state index contributed by atoms with van der Waals surface area (Å²) in [5, 5.41) is 9.84. The Labute approximate surface area is 225 Å². The van der Waals surface area contributed by atoms with Crippen LogP contribution in [0.25, 0.3) is 22.2 Å². The second-order valence-corrected chi connectivity index (χ2v) is 10.4. The van der Waals surface area contributed by atoms with E-state index < -0.39 is 5.82 Å². The van der Waals surface area contributed by atoms with E-state index in [0.717, 1.165) is 51.6 Å². The van der Waals surface area contributed by atoms with E-state index in [4.69, 9.17) is 0 Å². The second-order valence-electron chi connectivity index (χ2n) is 10.4. The standard InChI is InChI=1S/C30H31FN6O2/c31-23-14-21(35-29(38)18-4-2-1-3-5-18)7-8-22(23)25-15-26(28-24(36-25)11-13-33-30(28)39)37-27-9-6-19(17-34-27)20-10-12-32-16-20/h6-9,11,13-15,17-18,20,32H,1-5,10,12,16H2,(H,33,39)(H,35,38)(H,34,36,37). The van der Waals surface area contributed by atoms with Crippen molar-refractivity contribution in [2.75, 3.05) is 23.7 Å². The zero-order chi connectivity index (χ0) is 26.8. The van der Waals surface area contributed by atoms with Gasteiger partial charge in [0.15, 0.2) is 0 Å². The smallest absolute Gasteiger partial charge is 0.259 e. The summed E-state index contributed by atoms with van der Waals surface area (Å²) in [4.78, 5) is 37.2. The molecule has 1 aromatic carbocycles. The van der Waals surface area contributed by atoms with Crippen molar-refractivity contribution in [1.29, 1.82) is 0 Å². The van der Waals surface area contributed by atoms with Gasteiger partial charge < -0.3 is 20.9 Å². The molecule has 8 nitrogen and oxygen atoms in total. The Bertz CT molecular complexity index is 1560. The summed E-state index contributed by atoms with van der Waals surface area (Å²) in [6.07, 6.45) is 9.47. The maximum absolute atomic E-state index is 15.4. The zero-order valence-corrected chi connectivity index (χ0v) is 21.6. The number of aromatic amines is 1. The molecule has 3 aromatic heterocycles. The quantitative estimate of drug-likeness (QED) is 0.265. The van der Waals surface area contributed by atoms with E-state index in [1.807, 2.05) is 18.3 Å². The summed E-state index contributed by atoms with van der Waals surface area (Å²) in [6.45, 7) is 1.94. The molecular formula is C30H31FN6O2. The zero-order valence-electron chi connectivity index (χ0n) is 21.6. The van der Waals surface area contributed by atoms with Gasteiger partial charge in [-0.1, -0.05) is 25.3 Å². The first kappa shape index (κ1) is 25.2. The molecule has 1 aliphatic carbocycles. The van der Waals surface area contributed by atoms with E-state index in [2.05, 4.69) is 30.9 Å². The third-order valence-electron chi connectivity index (χ3n) is 7.80. The lowest BCUT2D eigenvalue weighted by molar-refractivity contribution is -0.120. The normalized spacial score (nSPS) is 17.8. The molecule has 200 valence electrons. The number of pyridine rings is 3. The van der Waals surface area contributed by atoms with Crippen LogP contribution in [0.1, 0.15) is 50.0 Å². The fourth-order valence-electron chi connectivity index (χ4n) is 5.64. The number of rotatable bonds is 6. The molecular weight excluding hydrogens is 495 g/mol. The van der Waals surface area contributed by atoms with Crippen LogP contribution in [0.2, 0.25) is 0 Å². The fourth-order valence-corrected chi connectivity index (χ4v) is 5.64. The Balaban J connectivity index is 1.29. The SMILES string of the molecule is O=C(Nc1ccc(-c2cc(Nc3ccc(C4CCNC4)cn3)c3c(=O)[nH]ccc3n2)c(F)c1)C1CCCCC1. The molecule has 1 saturated heterocycles. The number of hydrogen-bond acceptors (Lipinski definition) is 6. The molecule has 9 heteroatoms. The van der Waals surface area contributed by atoms with Crippen LogP contribution in [-0.4, -0.2) is 33.9 Å². The van der Waals surface area contributed by atoms with E-state index >= 15 is 4.39 Å². The lowest BCUT2D eigenvalue weighted by atomic mass is 9.88. The number of carbonyl (C=O) groups is 1. The van der Waals surface area contributed by atoms with E-state index in [9.17, 15) is 9.59 Å². The third kappa shape index (κ3) is 5.40. The molecule has 4 heterocycles. The molecule has 0 radical (unpaired) electrons. The number of H-pyrrole nitrogens is 1. The average Bonchev–Trinajstić information content (AvgIpc) is 3.49. The minimum absolute atomic E-state index is 0.0205. The minimum atomic E-state index is -0.508. The largest absolute Gasteiger partial charge is 0.339 e. The Morgan fingerprint density at radius 2 is 1.90 bits per heavy atom. The van der Waals surface area contributed by atoms with Crippen molar-refractivity contribution in [2.24, 2.45) is 5.92 Å². The Morgan fingerprint density at radius 3 is 2.64 bits per heavy atom. The van der Waals surface area contributed by atoms with Crippen molar-refractivity contribution in [3.05, 3.63) is 76.6 Å². The number of anilines is 3. The molecule has 1 saturated carbocycles. The molecule has 39 heavy (non-hydrogen) atoms. The number of nitrogens with zero attached hydrogens (tertiary/aromatic N) is 2. The van der Waals surface area contributed by atoms with E-state index in [-0.39, 0.29) is 22.9 Å². The fraction of sp³-hybridized carbons (Fsp3) is 0.333. The third-order valence-corrected chi connectivity index (χ3v) is 7.80. The number of benzene rings is 1. The minimum Gasteiger partial charge on any atom is -0.339 e. The van der Waals surface area contributed by atoms with E-state index in [0.29, 0.717) is 39.7 Å². The van der Waals surface area contributed by atoms with Crippen molar-refractivity contribution in [3.63, 3.8) is 0 Å². The van der Waals surface area contributed by atoms with Crippen LogP contribution in [0.15, 0.2) is 59.7 Å². The van der Waals surface area contributed by atoms with Gasteiger partial charge in [0, 0.05) is 36.1 Å². The van der Waals surface area contributed by atoms with Crippen LogP contribution in [0, 0.1) is 11.7 Å². The summed E-state index contributed by atoms with van der Waals surface area (Å²) in [5.74, 6) is 0.438. The van der Waals surface area contributed by atoms with Crippen molar-refractivity contribution in [3.8, 4) is 11.3 Å².